The van der Waals surface area contributed by atoms with Crippen LogP contribution in [0.1, 0.15) is 44.3 Å². The Morgan fingerprint density at radius 1 is 1.33 bits per heavy atom. The molecule has 100 valence electrons. The number of benzene rings is 1. The molecule has 0 heterocycles. The van der Waals surface area contributed by atoms with Crippen molar-refractivity contribution in [3.63, 3.8) is 0 Å². The van der Waals surface area contributed by atoms with Gasteiger partial charge in [-0.1, -0.05) is 49.0 Å². The van der Waals surface area contributed by atoms with Crippen LogP contribution in [0.3, 0.4) is 0 Å². The lowest BCUT2D eigenvalue weighted by Crippen LogP contribution is -2.18. The number of carbonyl (C=O) groups is 1. The van der Waals surface area contributed by atoms with E-state index in [-0.39, 0.29) is 0 Å². The van der Waals surface area contributed by atoms with E-state index < -0.39 is 12.2 Å². The van der Waals surface area contributed by atoms with Crippen LogP contribution in [0.5, 0.6) is 0 Å². The first-order valence-electron chi connectivity index (χ1n) is 5.96. The van der Waals surface area contributed by atoms with Gasteiger partial charge in [0, 0.05) is 15.6 Å². The fourth-order valence-electron chi connectivity index (χ4n) is 1.80. The second-order valence-corrected chi connectivity index (χ2v) is 4.87. The Kier molecular flexibility index (Phi) is 6.30. The topological polar surface area (TPSA) is 52.3 Å². The second kappa shape index (κ2) is 7.49. The molecule has 0 aromatic heterocycles. The number of ether oxygens (including phenoxy) is 1. The predicted molar refractivity (Wildman–Crippen MR) is 74.0 cm³/mol. The van der Waals surface area contributed by atoms with Crippen molar-refractivity contribution in [2.75, 3.05) is 0 Å². The van der Waals surface area contributed by atoms with Crippen LogP contribution in [0, 0.1) is 0 Å². The molecule has 0 aliphatic rings. The van der Waals surface area contributed by atoms with E-state index in [0.717, 1.165) is 19.3 Å². The first-order chi connectivity index (χ1) is 8.56. The Hall–Kier alpha value is -0.930. The van der Waals surface area contributed by atoms with Crippen molar-refractivity contribution in [3.8, 4) is 0 Å². The Morgan fingerprint density at radius 3 is 2.44 bits per heavy atom. The lowest BCUT2D eigenvalue weighted by Gasteiger charge is -2.19. The molecule has 2 N–H and O–H groups in total. The highest BCUT2D eigenvalue weighted by Gasteiger charge is 2.20. The third kappa shape index (κ3) is 4.39. The average molecular weight is 290 g/mol. The Labute approximate surface area is 117 Å². The summed E-state index contributed by atoms with van der Waals surface area (Å²) < 4.78 is 5.11. The summed E-state index contributed by atoms with van der Waals surface area (Å²) in [6, 6.07) is 5.20. The van der Waals surface area contributed by atoms with Crippen molar-refractivity contribution in [3.05, 3.63) is 33.8 Å². The lowest BCUT2D eigenvalue weighted by atomic mass is 10.0. The normalized spacial score (nSPS) is 12.2. The molecule has 1 aromatic carbocycles. The van der Waals surface area contributed by atoms with Gasteiger partial charge in [-0.2, -0.15) is 0 Å². The van der Waals surface area contributed by atoms with Crippen LogP contribution in [-0.4, -0.2) is 6.09 Å². The third-order valence-corrected chi connectivity index (χ3v) is 3.31. The average Bonchev–Trinajstić information content (AvgIpc) is 2.28. The molecule has 1 aromatic rings. The molecule has 1 rings (SSSR count). The molecule has 3 nitrogen and oxygen atoms in total. The number of hydrogen-bond donors (Lipinski definition) is 1. The molecule has 0 aliphatic carbocycles. The molecule has 18 heavy (non-hydrogen) atoms. The number of primary amides is 1. The maximum absolute atomic E-state index is 11.0. The van der Waals surface area contributed by atoms with Gasteiger partial charge in [0.15, 0.2) is 0 Å². The van der Waals surface area contributed by atoms with Crippen LogP contribution in [0.2, 0.25) is 10.0 Å². The van der Waals surface area contributed by atoms with Gasteiger partial charge in [-0.3, -0.25) is 0 Å². The highest BCUT2D eigenvalue weighted by atomic mass is 35.5. The molecule has 1 amide bonds. The number of amides is 1. The summed E-state index contributed by atoms with van der Waals surface area (Å²) >= 11 is 12.2. The van der Waals surface area contributed by atoms with Gasteiger partial charge in [-0.15, -0.1) is 0 Å². The minimum absolute atomic E-state index is 0.477. The number of rotatable bonds is 6. The summed E-state index contributed by atoms with van der Waals surface area (Å²) in [6.07, 6.45) is 2.44. The van der Waals surface area contributed by atoms with E-state index in [2.05, 4.69) is 6.92 Å². The van der Waals surface area contributed by atoms with Crippen molar-refractivity contribution in [2.45, 2.75) is 38.7 Å². The van der Waals surface area contributed by atoms with E-state index in [0.29, 0.717) is 22.0 Å². The summed E-state index contributed by atoms with van der Waals surface area (Å²) in [6.45, 7) is 2.10. The van der Waals surface area contributed by atoms with Gasteiger partial charge < -0.3 is 10.5 Å². The van der Waals surface area contributed by atoms with E-state index in [1.807, 2.05) is 0 Å². The maximum atomic E-state index is 11.0. The summed E-state index contributed by atoms with van der Waals surface area (Å²) in [5.41, 5.74) is 5.72. The molecule has 0 fully saturated rings. The van der Waals surface area contributed by atoms with Crippen molar-refractivity contribution in [1.82, 2.24) is 0 Å². The van der Waals surface area contributed by atoms with E-state index in [1.54, 1.807) is 18.2 Å². The third-order valence-electron chi connectivity index (χ3n) is 2.65. The maximum Gasteiger partial charge on any atom is 0.405 e. The summed E-state index contributed by atoms with van der Waals surface area (Å²) in [5, 5.41) is 0.982. The van der Waals surface area contributed by atoms with Crippen molar-refractivity contribution in [1.29, 1.82) is 0 Å². The van der Waals surface area contributed by atoms with Crippen LogP contribution in [0.15, 0.2) is 18.2 Å². The first-order valence-corrected chi connectivity index (χ1v) is 6.71. The molecule has 5 heteroatoms. The van der Waals surface area contributed by atoms with Crippen molar-refractivity contribution >= 4 is 29.3 Å². The molecule has 0 saturated carbocycles. The van der Waals surface area contributed by atoms with Gasteiger partial charge in [0.2, 0.25) is 0 Å². The van der Waals surface area contributed by atoms with Crippen LogP contribution in [0.4, 0.5) is 4.79 Å². The smallest absolute Gasteiger partial charge is 0.405 e. The van der Waals surface area contributed by atoms with E-state index >= 15 is 0 Å². The van der Waals surface area contributed by atoms with Crippen LogP contribution in [0.25, 0.3) is 0 Å². The number of unbranched alkanes of at least 4 members (excludes halogenated alkanes) is 2. The number of carbonyl (C=O) groups excluding carboxylic acids is 1. The molecular formula is C13H17Cl2NO2. The second-order valence-electron chi connectivity index (χ2n) is 4.06. The van der Waals surface area contributed by atoms with Crippen molar-refractivity contribution < 1.29 is 9.53 Å². The summed E-state index contributed by atoms with van der Waals surface area (Å²) in [4.78, 5) is 11.0. The monoisotopic (exact) mass is 289 g/mol. The van der Waals surface area contributed by atoms with Gasteiger partial charge in [-0.05, 0) is 25.0 Å². The molecule has 0 radical (unpaired) electrons. The minimum atomic E-state index is -0.813. The highest BCUT2D eigenvalue weighted by molar-refractivity contribution is 6.36. The lowest BCUT2D eigenvalue weighted by molar-refractivity contribution is 0.0996. The van der Waals surface area contributed by atoms with Crippen molar-refractivity contribution in [2.24, 2.45) is 5.73 Å². The van der Waals surface area contributed by atoms with Gasteiger partial charge >= 0.3 is 6.09 Å². The molecule has 0 bridgehead atoms. The Morgan fingerprint density at radius 2 is 1.94 bits per heavy atom. The standard InChI is InChI=1S/C13H17Cl2NO2/c1-2-3-4-8-11(18-13(16)17)12-9(14)6-5-7-10(12)15/h5-7,11H,2-4,8H2,1H3,(H2,16,17)/t11-/m1/s1. The number of nitrogens with two attached hydrogens (primary N) is 1. The fourth-order valence-corrected chi connectivity index (χ4v) is 2.44. The molecular weight excluding hydrogens is 273 g/mol. The number of halogens is 2. The molecule has 0 saturated heterocycles. The molecule has 0 spiro atoms. The van der Waals surface area contributed by atoms with Crippen LogP contribution < -0.4 is 5.73 Å². The van der Waals surface area contributed by atoms with E-state index in [4.69, 9.17) is 33.7 Å². The minimum Gasteiger partial charge on any atom is -0.441 e. The Bertz CT molecular complexity index is 390. The molecule has 0 unspecified atom stereocenters. The van der Waals surface area contributed by atoms with E-state index in [9.17, 15) is 4.79 Å². The SMILES string of the molecule is CCCCC[C@@H](OC(N)=O)c1c(Cl)cccc1Cl. The fraction of sp³-hybridized carbons (Fsp3) is 0.462. The Balaban J connectivity index is 2.90. The zero-order chi connectivity index (χ0) is 13.5. The summed E-state index contributed by atoms with van der Waals surface area (Å²) in [5.74, 6) is 0. The number of hydrogen-bond acceptors (Lipinski definition) is 2. The predicted octanol–water partition coefficient (Wildman–Crippen LogP) is 4.71. The first kappa shape index (κ1) is 15.1. The zero-order valence-electron chi connectivity index (χ0n) is 10.3. The van der Waals surface area contributed by atoms with Crippen LogP contribution in [-0.2, 0) is 4.74 Å². The molecule has 1 atom stereocenters. The zero-order valence-corrected chi connectivity index (χ0v) is 11.8. The quantitative estimate of drug-likeness (QED) is 0.771. The van der Waals surface area contributed by atoms with Gasteiger partial charge in [0.25, 0.3) is 0 Å². The van der Waals surface area contributed by atoms with E-state index in [1.165, 1.54) is 0 Å². The largest absolute Gasteiger partial charge is 0.441 e. The van der Waals surface area contributed by atoms with Gasteiger partial charge in [0.1, 0.15) is 6.10 Å². The highest BCUT2D eigenvalue weighted by Crippen LogP contribution is 2.35. The molecule has 0 aliphatic heterocycles. The van der Waals surface area contributed by atoms with Crippen LogP contribution >= 0.6 is 23.2 Å². The van der Waals surface area contributed by atoms with Gasteiger partial charge in [-0.25, -0.2) is 4.79 Å². The van der Waals surface area contributed by atoms with Gasteiger partial charge in [0.05, 0.1) is 0 Å². The summed E-state index contributed by atoms with van der Waals surface area (Å²) in [7, 11) is 0.